The lowest BCUT2D eigenvalue weighted by Crippen LogP contribution is -2.34. The van der Waals surface area contributed by atoms with Crippen molar-refractivity contribution in [3.8, 4) is 0 Å². The second-order valence-corrected chi connectivity index (χ2v) is 9.49. The number of carbonyl (C=O) groups is 1. The van der Waals surface area contributed by atoms with Crippen LogP contribution in [0.4, 0.5) is 13.6 Å². The van der Waals surface area contributed by atoms with E-state index in [1.807, 2.05) is 18.2 Å². The van der Waals surface area contributed by atoms with E-state index in [-0.39, 0.29) is 18.4 Å². The minimum absolute atomic E-state index is 0.179. The third-order valence-corrected chi connectivity index (χ3v) is 6.72. The molecule has 4 aromatic rings. The minimum atomic E-state index is -0.590. The van der Waals surface area contributed by atoms with E-state index < -0.39 is 5.95 Å². The monoisotopic (exact) mass is 526 g/mol. The lowest BCUT2D eigenvalue weighted by Gasteiger charge is -2.27. The first kappa shape index (κ1) is 24.4. The molecule has 2 aromatic heterocycles. The molecule has 0 aliphatic carbocycles. The summed E-state index contributed by atoms with van der Waals surface area (Å²) in [7, 11) is 0. The first-order valence-electron chi connectivity index (χ1n) is 11.4. The van der Waals surface area contributed by atoms with Gasteiger partial charge in [0.2, 0.25) is 5.95 Å². The number of hydrogen-bond donors (Lipinski definition) is 1. The summed E-state index contributed by atoms with van der Waals surface area (Å²) in [6, 6.07) is 12.8. The largest absolute Gasteiger partial charge is 0.333 e. The minimum Gasteiger partial charge on any atom is -0.333 e. The van der Waals surface area contributed by atoms with Crippen molar-refractivity contribution in [3.63, 3.8) is 0 Å². The standard InChI is InChI=1S/C27H22Cl2F2N4O/c28-19-5-6-24-21(13-19)22-16-34(10-1-2-18-3-4-20(29)14-23(18)30)11-8-25(22)35(24)27(36)33-15-17-7-9-32-26(31)12-17/h1-7,9,12-14H,8,10-11,15-16H2,(H,33,36)/b2-1+. The van der Waals surface area contributed by atoms with Gasteiger partial charge in [0.1, 0.15) is 5.82 Å². The van der Waals surface area contributed by atoms with Gasteiger partial charge in [-0.25, -0.2) is 14.2 Å². The van der Waals surface area contributed by atoms with E-state index in [2.05, 4.69) is 15.2 Å². The number of carbonyl (C=O) groups excluding carboxylic acids is 1. The molecule has 3 heterocycles. The molecule has 0 bridgehead atoms. The lowest BCUT2D eigenvalue weighted by atomic mass is 10.0. The van der Waals surface area contributed by atoms with Crippen LogP contribution in [0.1, 0.15) is 22.4 Å². The number of nitrogens with zero attached hydrogens (tertiary/aromatic N) is 3. The molecular weight excluding hydrogens is 505 g/mol. The summed E-state index contributed by atoms with van der Waals surface area (Å²) in [5.41, 5.74) is 3.83. The van der Waals surface area contributed by atoms with Crippen molar-refractivity contribution >= 4 is 46.2 Å². The number of rotatable bonds is 5. The zero-order chi connectivity index (χ0) is 25.2. The van der Waals surface area contributed by atoms with Crippen molar-refractivity contribution in [3.05, 3.63) is 105 Å². The molecule has 1 amide bonds. The molecule has 0 saturated heterocycles. The second kappa shape index (κ2) is 10.4. The molecule has 0 spiro atoms. The Labute approximate surface area is 216 Å². The molecule has 0 saturated carbocycles. The number of amides is 1. The van der Waals surface area contributed by atoms with Crippen LogP contribution in [-0.2, 0) is 19.5 Å². The molecule has 0 radical (unpaired) electrons. The Morgan fingerprint density at radius 1 is 1.08 bits per heavy atom. The summed E-state index contributed by atoms with van der Waals surface area (Å²) >= 11 is 12.1. The molecule has 0 unspecified atom stereocenters. The van der Waals surface area contributed by atoms with Gasteiger partial charge < -0.3 is 5.32 Å². The SMILES string of the molecule is O=C(NCc1ccnc(F)c1)n1c2c(c3cc(Cl)ccc31)CN(C/C=C/c1ccc(Cl)cc1F)CC2. The number of nitrogens with one attached hydrogen (secondary N) is 1. The molecule has 5 rings (SSSR count). The molecule has 0 atom stereocenters. The van der Waals surface area contributed by atoms with E-state index in [1.54, 1.807) is 34.9 Å². The number of fused-ring (bicyclic) bond motifs is 3. The van der Waals surface area contributed by atoms with Crippen molar-refractivity contribution < 1.29 is 13.6 Å². The Bertz CT molecular complexity index is 1480. The lowest BCUT2D eigenvalue weighted by molar-refractivity contribution is 0.240. The highest BCUT2D eigenvalue weighted by Crippen LogP contribution is 2.32. The first-order valence-corrected chi connectivity index (χ1v) is 12.2. The van der Waals surface area contributed by atoms with Gasteiger partial charge in [0, 0.05) is 65.5 Å². The molecule has 0 fully saturated rings. The molecule has 2 aromatic carbocycles. The first-order chi connectivity index (χ1) is 17.4. The molecule has 9 heteroatoms. The predicted octanol–water partition coefficient (Wildman–Crippen LogP) is 6.45. The Morgan fingerprint density at radius 3 is 2.69 bits per heavy atom. The highest BCUT2D eigenvalue weighted by molar-refractivity contribution is 6.31. The average Bonchev–Trinajstić information content (AvgIpc) is 3.17. The summed E-state index contributed by atoms with van der Waals surface area (Å²) in [6.45, 7) is 2.15. The van der Waals surface area contributed by atoms with Crippen LogP contribution in [0, 0.1) is 11.8 Å². The van der Waals surface area contributed by atoms with Crippen LogP contribution >= 0.6 is 23.2 Å². The summed E-state index contributed by atoms with van der Waals surface area (Å²) in [4.78, 5) is 19.0. The van der Waals surface area contributed by atoms with Crippen LogP contribution in [0.2, 0.25) is 10.0 Å². The molecule has 184 valence electrons. The maximum Gasteiger partial charge on any atom is 0.326 e. The van der Waals surface area contributed by atoms with Crippen LogP contribution < -0.4 is 5.32 Å². The van der Waals surface area contributed by atoms with Crippen molar-refractivity contribution in [1.82, 2.24) is 19.8 Å². The molecular formula is C27H22Cl2F2N4O. The number of pyridine rings is 1. The quantitative estimate of drug-likeness (QED) is 0.304. The van der Waals surface area contributed by atoms with E-state index in [1.165, 1.54) is 18.3 Å². The number of aromatic nitrogens is 2. The molecule has 1 N–H and O–H groups in total. The fourth-order valence-corrected chi connectivity index (χ4v) is 4.88. The highest BCUT2D eigenvalue weighted by atomic mass is 35.5. The van der Waals surface area contributed by atoms with Crippen molar-refractivity contribution in [1.29, 1.82) is 0 Å². The summed E-state index contributed by atoms with van der Waals surface area (Å²) in [5, 5.41) is 4.75. The van der Waals surface area contributed by atoms with E-state index >= 15 is 0 Å². The van der Waals surface area contributed by atoms with Gasteiger partial charge >= 0.3 is 6.03 Å². The Hall–Kier alpha value is -3.26. The van der Waals surface area contributed by atoms with Crippen LogP contribution in [0.25, 0.3) is 17.0 Å². The van der Waals surface area contributed by atoms with Crippen molar-refractivity contribution in [2.75, 3.05) is 13.1 Å². The van der Waals surface area contributed by atoms with E-state index in [0.717, 1.165) is 28.7 Å². The number of hydrogen-bond acceptors (Lipinski definition) is 3. The Kier molecular flexibility index (Phi) is 7.05. The summed E-state index contributed by atoms with van der Waals surface area (Å²) < 4.78 is 29.2. The smallest absolute Gasteiger partial charge is 0.326 e. The zero-order valence-electron chi connectivity index (χ0n) is 19.1. The number of halogens is 4. The molecule has 1 aliphatic rings. The Morgan fingerprint density at radius 2 is 1.89 bits per heavy atom. The van der Waals surface area contributed by atoms with E-state index in [4.69, 9.17) is 23.2 Å². The third kappa shape index (κ3) is 5.14. The van der Waals surface area contributed by atoms with Gasteiger partial charge in [-0.3, -0.25) is 9.47 Å². The normalized spacial score (nSPS) is 13.9. The topological polar surface area (TPSA) is 50.2 Å². The fraction of sp³-hybridized carbons (Fsp3) is 0.185. The van der Waals surface area contributed by atoms with Gasteiger partial charge in [-0.05, 0) is 53.6 Å². The average molecular weight is 527 g/mol. The van der Waals surface area contributed by atoms with Crippen LogP contribution in [0.5, 0.6) is 0 Å². The van der Waals surface area contributed by atoms with Crippen LogP contribution in [0.3, 0.4) is 0 Å². The maximum atomic E-state index is 14.1. The van der Waals surface area contributed by atoms with Crippen molar-refractivity contribution in [2.45, 2.75) is 19.5 Å². The molecule has 36 heavy (non-hydrogen) atoms. The fourth-order valence-electron chi connectivity index (χ4n) is 4.55. The third-order valence-electron chi connectivity index (χ3n) is 6.25. The summed E-state index contributed by atoms with van der Waals surface area (Å²) in [6.07, 6.45) is 5.69. The molecule has 5 nitrogen and oxygen atoms in total. The van der Waals surface area contributed by atoms with Crippen molar-refractivity contribution in [2.24, 2.45) is 0 Å². The van der Waals surface area contributed by atoms with E-state index in [0.29, 0.717) is 40.7 Å². The molecule has 1 aliphatic heterocycles. The zero-order valence-corrected chi connectivity index (χ0v) is 20.7. The Balaban J connectivity index is 1.37. The van der Waals surface area contributed by atoms with Gasteiger partial charge in [0.15, 0.2) is 0 Å². The van der Waals surface area contributed by atoms with Gasteiger partial charge in [-0.1, -0.05) is 41.4 Å². The number of benzene rings is 2. The van der Waals surface area contributed by atoms with Gasteiger partial charge in [0.25, 0.3) is 0 Å². The second-order valence-electron chi connectivity index (χ2n) is 8.62. The maximum absolute atomic E-state index is 14.1. The van der Waals surface area contributed by atoms with Gasteiger partial charge in [-0.2, -0.15) is 4.39 Å². The highest BCUT2D eigenvalue weighted by Gasteiger charge is 2.26. The predicted molar refractivity (Wildman–Crippen MR) is 138 cm³/mol. The van der Waals surface area contributed by atoms with E-state index in [9.17, 15) is 13.6 Å². The summed E-state index contributed by atoms with van der Waals surface area (Å²) in [5.74, 6) is -0.953. The van der Waals surface area contributed by atoms with Crippen LogP contribution in [-0.4, -0.2) is 33.6 Å². The van der Waals surface area contributed by atoms with Gasteiger partial charge in [-0.15, -0.1) is 0 Å². The van der Waals surface area contributed by atoms with Gasteiger partial charge in [0.05, 0.1) is 5.52 Å². The van der Waals surface area contributed by atoms with Crippen LogP contribution in [0.15, 0.2) is 60.8 Å².